The molecule has 0 aliphatic carbocycles. The van der Waals surface area contributed by atoms with Crippen LogP contribution in [0.2, 0.25) is 0 Å². The molecule has 2 heterocycles. The van der Waals surface area contributed by atoms with Crippen molar-refractivity contribution < 1.29 is 4.79 Å². The van der Waals surface area contributed by atoms with Crippen LogP contribution >= 0.6 is 0 Å². The van der Waals surface area contributed by atoms with E-state index in [4.69, 9.17) is 5.26 Å². The average Bonchev–Trinajstić information content (AvgIpc) is 2.59. The van der Waals surface area contributed by atoms with E-state index >= 15 is 0 Å². The van der Waals surface area contributed by atoms with Gasteiger partial charge in [-0.3, -0.25) is 9.89 Å². The Balaban J connectivity index is 2.36. The first kappa shape index (κ1) is 7.80. The Labute approximate surface area is 75.0 Å². The number of hydrogen-bond donors (Lipinski definition) is 1. The minimum atomic E-state index is 0.426. The van der Waals surface area contributed by atoms with Crippen LogP contribution in [0.15, 0.2) is 0 Å². The molecule has 5 nitrogen and oxygen atoms in total. The maximum atomic E-state index is 10.6. The number of carbonyl (C=O) groups is 1. The Morgan fingerprint density at radius 2 is 2.54 bits per heavy atom. The first-order valence-electron chi connectivity index (χ1n) is 4.01. The molecule has 0 amide bonds. The number of nitrogens with one attached hydrogen (secondary N) is 1. The summed E-state index contributed by atoms with van der Waals surface area (Å²) in [5.74, 6) is 0. The number of fused-ring (bicyclic) bond motifs is 1. The smallest absolute Gasteiger partial charge is 0.179 e. The van der Waals surface area contributed by atoms with Crippen molar-refractivity contribution in [2.45, 2.75) is 13.0 Å². The lowest BCUT2D eigenvalue weighted by Crippen LogP contribution is -2.26. The van der Waals surface area contributed by atoms with E-state index in [1.165, 1.54) is 0 Å². The van der Waals surface area contributed by atoms with Gasteiger partial charge < -0.3 is 4.90 Å². The number of nitriles is 1. The molecule has 13 heavy (non-hydrogen) atoms. The van der Waals surface area contributed by atoms with Gasteiger partial charge in [0, 0.05) is 24.2 Å². The third-order valence-corrected chi connectivity index (χ3v) is 2.22. The summed E-state index contributed by atoms with van der Waals surface area (Å²) in [6.07, 6.45) is 3.53. The SMILES string of the molecule is N#CN1CCc2[nH]nc(C=O)c2C1. The normalized spacial score (nSPS) is 14.8. The van der Waals surface area contributed by atoms with E-state index in [-0.39, 0.29) is 0 Å². The second kappa shape index (κ2) is 2.90. The molecular weight excluding hydrogens is 168 g/mol. The average molecular weight is 176 g/mol. The lowest BCUT2D eigenvalue weighted by molar-refractivity contribution is 0.111. The van der Waals surface area contributed by atoms with Gasteiger partial charge in [-0.1, -0.05) is 0 Å². The van der Waals surface area contributed by atoms with Gasteiger partial charge >= 0.3 is 0 Å². The first-order valence-corrected chi connectivity index (χ1v) is 4.01. The van der Waals surface area contributed by atoms with Crippen molar-refractivity contribution in [3.8, 4) is 6.19 Å². The molecular formula is C8H8N4O. The maximum absolute atomic E-state index is 10.6. The van der Waals surface area contributed by atoms with Gasteiger partial charge in [-0.2, -0.15) is 10.4 Å². The number of H-pyrrole nitrogens is 1. The molecule has 0 bridgehead atoms. The van der Waals surface area contributed by atoms with E-state index in [9.17, 15) is 4.79 Å². The van der Waals surface area contributed by atoms with E-state index in [0.29, 0.717) is 18.8 Å². The second-order valence-corrected chi connectivity index (χ2v) is 2.96. The second-order valence-electron chi connectivity index (χ2n) is 2.96. The standard InChI is InChI=1S/C8H8N4O/c9-5-12-2-1-7-6(3-12)8(4-13)11-10-7/h4H,1-3H2,(H,10,11). The van der Waals surface area contributed by atoms with Crippen LogP contribution in [0.4, 0.5) is 0 Å². The Hall–Kier alpha value is -1.83. The molecule has 0 spiro atoms. The summed E-state index contributed by atoms with van der Waals surface area (Å²) in [5.41, 5.74) is 2.27. The molecule has 0 fully saturated rings. The topological polar surface area (TPSA) is 72.8 Å². The van der Waals surface area contributed by atoms with Crippen molar-refractivity contribution in [2.24, 2.45) is 0 Å². The van der Waals surface area contributed by atoms with Crippen molar-refractivity contribution in [3.63, 3.8) is 0 Å². The predicted octanol–water partition coefficient (Wildman–Crippen LogP) is 0.0614. The monoisotopic (exact) mass is 176 g/mol. The minimum Gasteiger partial charge on any atom is -0.306 e. The molecule has 2 rings (SSSR count). The molecule has 5 heteroatoms. The molecule has 66 valence electrons. The molecule has 0 atom stereocenters. The van der Waals surface area contributed by atoms with Crippen molar-refractivity contribution in [2.75, 3.05) is 6.54 Å². The van der Waals surface area contributed by atoms with Crippen LogP contribution in [0.1, 0.15) is 21.7 Å². The number of aldehydes is 1. The van der Waals surface area contributed by atoms with Crippen LogP contribution in [-0.2, 0) is 13.0 Å². The molecule has 1 N–H and O–H groups in total. The molecule has 0 aromatic carbocycles. The Bertz CT molecular complexity index is 376. The van der Waals surface area contributed by atoms with E-state index in [2.05, 4.69) is 16.4 Å². The highest BCUT2D eigenvalue weighted by Crippen LogP contribution is 2.18. The summed E-state index contributed by atoms with van der Waals surface area (Å²) in [5, 5.41) is 15.3. The minimum absolute atomic E-state index is 0.426. The number of rotatable bonds is 1. The fraction of sp³-hybridized carbons (Fsp3) is 0.375. The quantitative estimate of drug-likeness (QED) is 0.485. The first-order chi connectivity index (χ1) is 6.35. The summed E-state index contributed by atoms with van der Waals surface area (Å²) >= 11 is 0. The Morgan fingerprint density at radius 3 is 3.23 bits per heavy atom. The Kier molecular flexibility index (Phi) is 1.74. The fourth-order valence-electron chi connectivity index (χ4n) is 1.50. The summed E-state index contributed by atoms with van der Waals surface area (Å²) in [7, 11) is 0. The molecule has 0 radical (unpaired) electrons. The van der Waals surface area contributed by atoms with Gasteiger partial charge in [0.2, 0.25) is 0 Å². The van der Waals surface area contributed by atoms with Gasteiger partial charge in [0.25, 0.3) is 0 Å². The number of hydrogen-bond acceptors (Lipinski definition) is 4. The number of aromatic nitrogens is 2. The fourth-order valence-corrected chi connectivity index (χ4v) is 1.50. The highest BCUT2D eigenvalue weighted by Gasteiger charge is 2.20. The molecule has 0 unspecified atom stereocenters. The van der Waals surface area contributed by atoms with Crippen molar-refractivity contribution >= 4 is 6.29 Å². The summed E-state index contributed by atoms with van der Waals surface area (Å²) < 4.78 is 0. The van der Waals surface area contributed by atoms with Gasteiger partial charge in [-0.25, -0.2) is 0 Å². The highest BCUT2D eigenvalue weighted by atomic mass is 16.1. The van der Waals surface area contributed by atoms with Gasteiger partial charge in [-0.15, -0.1) is 0 Å². The van der Waals surface area contributed by atoms with Crippen LogP contribution in [0.5, 0.6) is 0 Å². The van der Waals surface area contributed by atoms with Gasteiger partial charge in [0.1, 0.15) is 5.69 Å². The van der Waals surface area contributed by atoms with Crippen molar-refractivity contribution in [1.29, 1.82) is 5.26 Å². The van der Waals surface area contributed by atoms with Crippen molar-refractivity contribution in [1.82, 2.24) is 15.1 Å². The molecule has 1 aliphatic rings. The number of aromatic amines is 1. The molecule has 0 saturated heterocycles. The maximum Gasteiger partial charge on any atom is 0.179 e. The zero-order valence-electron chi connectivity index (χ0n) is 6.95. The van der Waals surface area contributed by atoms with Gasteiger partial charge in [0.05, 0.1) is 6.54 Å². The molecule has 0 saturated carbocycles. The third-order valence-electron chi connectivity index (χ3n) is 2.22. The van der Waals surface area contributed by atoms with Crippen LogP contribution in [-0.4, -0.2) is 27.9 Å². The number of carbonyl (C=O) groups excluding carboxylic acids is 1. The molecule has 1 aliphatic heterocycles. The summed E-state index contributed by atoms with van der Waals surface area (Å²) in [6, 6.07) is 0. The van der Waals surface area contributed by atoms with Crippen molar-refractivity contribution in [3.05, 3.63) is 17.0 Å². The molecule has 1 aromatic heterocycles. The highest BCUT2D eigenvalue weighted by molar-refractivity contribution is 5.74. The van der Waals surface area contributed by atoms with Gasteiger partial charge in [-0.05, 0) is 0 Å². The van der Waals surface area contributed by atoms with Crippen LogP contribution in [0.25, 0.3) is 0 Å². The third kappa shape index (κ3) is 1.16. The van der Waals surface area contributed by atoms with Crippen LogP contribution in [0, 0.1) is 11.5 Å². The lowest BCUT2D eigenvalue weighted by atomic mass is 10.1. The van der Waals surface area contributed by atoms with E-state index < -0.39 is 0 Å². The van der Waals surface area contributed by atoms with E-state index in [1.54, 1.807) is 4.90 Å². The zero-order chi connectivity index (χ0) is 9.26. The summed E-state index contributed by atoms with van der Waals surface area (Å²) in [6.45, 7) is 1.19. The van der Waals surface area contributed by atoms with Crippen LogP contribution < -0.4 is 0 Å². The van der Waals surface area contributed by atoms with E-state index in [0.717, 1.165) is 24.0 Å². The largest absolute Gasteiger partial charge is 0.306 e. The van der Waals surface area contributed by atoms with Gasteiger partial charge in [0.15, 0.2) is 12.5 Å². The van der Waals surface area contributed by atoms with E-state index in [1.807, 2.05) is 0 Å². The van der Waals surface area contributed by atoms with Crippen LogP contribution in [0.3, 0.4) is 0 Å². The zero-order valence-corrected chi connectivity index (χ0v) is 6.95. The predicted molar refractivity (Wildman–Crippen MR) is 43.7 cm³/mol. The summed E-state index contributed by atoms with van der Waals surface area (Å²) in [4.78, 5) is 12.2. The molecule has 1 aromatic rings. The number of nitrogens with zero attached hydrogens (tertiary/aromatic N) is 3. The Morgan fingerprint density at radius 1 is 1.69 bits per heavy atom. The lowest BCUT2D eigenvalue weighted by Gasteiger charge is -2.20.